The molecule has 0 amide bonds. The van der Waals surface area contributed by atoms with E-state index in [9.17, 15) is 19.4 Å². The van der Waals surface area contributed by atoms with E-state index in [0.29, 0.717) is 48.6 Å². The van der Waals surface area contributed by atoms with E-state index in [2.05, 4.69) is 15.0 Å². The average Bonchev–Trinajstić information content (AvgIpc) is 3.22. The van der Waals surface area contributed by atoms with Crippen LogP contribution in [0.1, 0.15) is 60.5 Å². The van der Waals surface area contributed by atoms with E-state index in [-0.39, 0.29) is 23.9 Å². The zero-order valence-electron chi connectivity index (χ0n) is 17.8. The largest absolute Gasteiger partial charge is 0.390 e. The first-order chi connectivity index (χ1) is 15.5. The van der Waals surface area contributed by atoms with Crippen molar-refractivity contribution in [1.29, 1.82) is 0 Å². The highest BCUT2D eigenvalue weighted by Gasteiger charge is 2.27. The lowest BCUT2D eigenvalue weighted by Gasteiger charge is -2.31. The average molecular weight is 442 g/mol. The highest BCUT2D eigenvalue weighted by Crippen LogP contribution is 2.33. The second-order valence-electron chi connectivity index (χ2n) is 8.74. The molecule has 9 heteroatoms. The number of likely N-dealkylation sites (tertiary alicyclic amines) is 1. The van der Waals surface area contributed by atoms with Gasteiger partial charge in [0.2, 0.25) is 0 Å². The van der Waals surface area contributed by atoms with Gasteiger partial charge in [-0.25, -0.2) is 9.37 Å². The van der Waals surface area contributed by atoms with Gasteiger partial charge in [0.1, 0.15) is 17.7 Å². The number of halogens is 1. The van der Waals surface area contributed by atoms with Crippen LogP contribution < -0.4 is 5.56 Å². The Hall–Kier alpha value is -2.62. The minimum absolute atomic E-state index is 0.144. The molecule has 2 aromatic heterocycles. The molecular weight excluding hydrogens is 415 g/mol. The fourth-order valence-electron chi connectivity index (χ4n) is 5.01. The maximum atomic E-state index is 13.4. The van der Waals surface area contributed by atoms with Crippen molar-refractivity contribution >= 4 is 11.0 Å². The highest BCUT2D eigenvalue weighted by atomic mass is 19.1. The number of aliphatic hydroxyl groups is 2. The lowest BCUT2D eigenvalue weighted by Crippen LogP contribution is -2.38. The smallest absolute Gasteiger partial charge is 0.257 e. The Morgan fingerprint density at radius 3 is 2.78 bits per heavy atom. The maximum Gasteiger partial charge on any atom is 0.257 e. The molecule has 4 heterocycles. The molecule has 0 saturated carbocycles. The zero-order valence-corrected chi connectivity index (χ0v) is 17.8. The molecule has 2 aliphatic rings. The number of fused-ring (bicyclic) bond motifs is 2. The van der Waals surface area contributed by atoms with Gasteiger partial charge in [0.15, 0.2) is 5.58 Å². The summed E-state index contributed by atoms with van der Waals surface area (Å²) in [6.07, 6.45) is 2.89. The molecule has 5 rings (SSSR count). The molecule has 0 bridgehead atoms. The summed E-state index contributed by atoms with van der Waals surface area (Å²) in [6.45, 7) is 2.65. The first-order valence-corrected chi connectivity index (χ1v) is 11.2. The van der Waals surface area contributed by atoms with Crippen LogP contribution in [0.25, 0.3) is 11.0 Å². The predicted molar refractivity (Wildman–Crippen MR) is 115 cm³/mol. The summed E-state index contributed by atoms with van der Waals surface area (Å²) in [7, 11) is 0. The second-order valence-corrected chi connectivity index (χ2v) is 8.74. The van der Waals surface area contributed by atoms with Gasteiger partial charge in [0, 0.05) is 36.0 Å². The van der Waals surface area contributed by atoms with Crippen LogP contribution in [0, 0.1) is 5.82 Å². The van der Waals surface area contributed by atoms with Crippen molar-refractivity contribution in [3.63, 3.8) is 0 Å². The number of hydrogen-bond acceptors (Lipinski definition) is 7. The first kappa shape index (κ1) is 21.2. The van der Waals surface area contributed by atoms with Gasteiger partial charge in [-0.05, 0) is 57.3 Å². The van der Waals surface area contributed by atoms with E-state index in [1.807, 2.05) is 0 Å². The van der Waals surface area contributed by atoms with E-state index in [1.165, 1.54) is 12.1 Å². The summed E-state index contributed by atoms with van der Waals surface area (Å²) in [5.74, 6) is 0.289. The molecule has 3 aromatic rings. The van der Waals surface area contributed by atoms with Crippen LogP contribution in [0.4, 0.5) is 4.39 Å². The van der Waals surface area contributed by atoms with Gasteiger partial charge in [-0.15, -0.1) is 0 Å². The third kappa shape index (κ3) is 3.85. The quantitative estimate of drug-likeness (QED) is 0.625. The molecule has 8 nitrogen and oxygen atoms in total. The fraction of sp³-hybridized carbons (Fsp3) is 0.522. The summed E-state index contributed by atoms with van der Waals surface area (Å²) < 4.78 is 20.3. The van der Waals surface area contributed by atoms with Crippen LogP contribution in [-0.2, 0) is 19.6 Å². The Balaban J connectivity index is 1.26. The number of benzene rings is 1. The molecule has 1 atom stereocenters. The van der Waals surface area contributed by atoms with Crippen molar-refractivity contribution in [1.82, 2.24) is 19.6 Å². The molecule has 2 aliphatic heterocycles. The van der Waals surface area contributed by atoms with Gasteiger partial charge in [0.25, 0.3) is 5.56 Å². The number of hydrogen-bond donors (Lipinski definition) is 2. The van der Waals surface area contributed by atoms with Crippen molar-refractivity contribution in [2.45, 2.75) is 57.3 Å². The SMILES string of the molecule is O=c1c(CCN2CCC(c3noc4cc(F)ccc34)CC2)c(CO)nc2n1CCCC2O. The van der Waals surface area contributed by atoms with Crippen LogP contribution in [-0.4, -0.2) is 49.5 Å². The first-order valence-electron chi connectivity index (χ1n) is 11.2. The van der Waals surface area contributed by atoms with Gasteiger partial charge < -0.3 is 19.6 Å². The normalized spacial score (nSPS) is 20.0. The molecule has 170 valence electrons. The third-order valence-corrected chi connectivity index (χ3v) is 6.80. The van der Waals surface area contributed by atoms with Crippen molar-refractivity contribution < 1.29 is 19.1 Å². The standard InChI is InChI=1S/C23H27FN4O4/c24-15-3-4-17-20(12-15)32-26-21(17)14-5-9-27(10-6-14)11-7-16-18(13-29)25-22-19(30)2-1-8-28(22)23(16)31/h3-4,12,14,19,29-30H,1-2,5-11,13H2. The Morgan fingerprint density at radius 2 is 2.00 bits per heavy atom. The number of aliphatic hydroxyl groups excluding tert-OH is 2. The van der Waals surface area contributed by atoms with Gasteiger partial charge in [-0.1, -0.05) is 5.16 Å². The molecule has 1 saturated heterocycles. The van der Waals surface area contributed by atoms with E-state index < -0.39 is 6.10 Å². The predicted octanol–water partition coefficient (Wildman–Crippen LogP) is 2.27. The lowest BCUT2D eigenvalue weighted by atomic mass is 9.91. The molecule has 32 heavy (non-hydrogen) atoms. The van der Waals surface area contributed by atoms with Gasteiger partial charge in [-0.2, -0.15) is 0 Å². The minimum Gasteiger partial charge on any atom is -0.390 e. The summed E-state index contributed by atoms with van der Waals surface area (Å²) in [5, 5.41) is 25.0. The Morgan fingerprint density at radius 1 is 1.19 bits per heavy atom. The number of piperidine rings is 1. The summed E-state index contributed by atoms with van der Waals surface area (Å²) >= 11 is 0. The Labute approximate surface area is 184 Å². The number of rotatable bonds is 5. The van der Waals surface area contributed by atoms with E-state index >= 15 is 0 Å². The summed E-state index contributed by atoms with van der Waals surface area (Å²) in [5.41, 5.74) is 2.13. The third-order valence-electron chi connectivity index (χ3n) is 6.80. The van der Waals surface area contributed by atoms with Crippen LogP contribution in [0.15, 0.2) is 27.5 Å². The van der Waals surface area contributed by atoms with Gasteiger partial charge >= 0.3 is 0 Å². The van der Waals surface area contributed by atoms with Crippen molar-refractivity contribution in [2.75, 3.05) is 19.6 Å². The zero-order chi connectivity index (χ0) is 22.2. The maximum absolute atomic E-state index is 13.4. The summed E-state index contributed by atoms with van der Waals surface area (Å²) in [4.78, 5) is 19.7. The Kier molecular flexibility index (Phi) is 5.79. The van der Waals surface area contributed by atoms with Crippen LogP contribution in [0.2, 0.25) is 0 Å². The Bertz CT molecular complexity index is 1180. The molecule has 0 spiro atoms. The highest BCUT2D eigenvalue weighted by molar-refractivity contribution is 5.79. The molecule has 0 aliphatic carbocycles. The summed E-state index contributed by atoms with van der Waals surface area (Å²) in [6, 6.07) is 4.53. The molecular formula is C23H27FN4O4. The topological polar surface area (TPSA) is 105 Å². The monoisotopic (exact) mass is 442 g/mol. The van der Waals surface area contributed by atoms with Gasteiger partial charge in [-0.3, -0.25) is 9.36 Å². The van der Waals surface area contributed by atoms with E-state index in [0.717, 1.165) is 43.4 Å². The van der Waals surface area contributed by atoms with Gasteiger partial charge in [0.05, 0.1) is 18.0 Å². The van der Waals surface area contributed by atoms with Crippen molar-refractivity contribution in [2.24, 2.45) is 0 Å². The van der Waals surface area contributed by atoms with Crippen LogP contribution in [0.3, 0.4) is 0 Å². The van der Waals surface area contributed by atoms with Crippen LogP contribution in [0.5, 0.6) is 0 Å². The second kappa shape index (κ2) is 8.73. The minimum atomic E-state index is -0.751. The van der Waals surface area contributed by atoms with Crippen molar-refractivity contribution in [3.05, 3.63) is 57.1 Å². The van der Waals surface area contributed by atoms with Crippen LogP contribution >= 0.6 is 0 Å². The van der Waals surface area contributed by atoms with E-state index in [1.54, 1.807) is 10.6 Å². The number of aromatic nitrogens is 3. The van der Waals surface area contributed by atoms with E-state index in [4.69, 9.17) is 4.52 Å². The molecule has 0 radical (unpaired) electrons. The molecule has 1 fully saturated rings. The number of nitrogens with zero attached hydrogens (tertiary/aromatic N) is 4. The fourth-order valence-corrected chi connectivity index (χ4v) is 5.01. The lowest BCUT2D eigenvalue weighted by molar-refractivity contribution is 0.128. The molecule has 2 N–H and O–H groups in total. The molecule has 1 unspecified atom stereocenters. The molecule has 1 aromatic carbocycles. The van der Waals surface area contributed by atoms with Crippen molar-refractivity contribution in [3.8, 4) is 0 Å².